The van der Waals surface area contributed by atoms with Crippen molar-refractivity contribution >= 4 is 11.7 Å². The van der Waals surface area contributed by atoms with Crippen LogP contribution in [0.2, 0.25) is 0 Å². The number of nitrogens with zero attached hydrogens (tertiary/aromatic N) is 4. The van der Waals surface area contributed by atoms with E-state index in [4.69, 9.17) is 15.2 Å². The van der Waals surface area contributed by atoms with Crippen molar-refractivity contribution in [1.82, 2.24) is 4.90 Å². The highest BCUT2D eigenvalue weighted by Gasteiger charge is 2.36. The van der Waals surface area contributed by atoms with Gasteiger partial charge in [-0.05, 0) is 37.1 Å². The number of carbonyl (C=O) groups excluding carboxylic acids is 1. The van der Waals surface area contributed by atoms with Crippen molar-refractivity contribution in [2.24, 2.45) is 5.73 Å². The number of carbonyl (C=O) groups is 1. The first-order valence-corrected chi connectivity index (χ1v) is 12.0. The zero-order valence-electron chi connectivity index (χ0n) is 20.5. The van der Waals surface area contributed by atoms with Gasteiger partial charge in [-0.3, -0.25) is 4.90 Å². The van der Waals surface area contributed by atoms with Crippen molar-refractivity contribution in [2.45, 2.75) is 26.3 Å². The molecule has 36 heavy (non-hydrogen) atoms. The summed E-state index contributed by atoms with van der Waals surface area (Å²) in [7, 11) is 0. The minimum atomic E-state index is -0.772. The highest BCUT2D eigenvalue weighted by atomic mass is 16.5. The zero-order valence-corrected chi connectivity index (χ0v) is 20.5. The van der Waals surface area contributed by atoms with E-state index in [1.807, 2.05) is 18.2 Å². The summed E-state index contributed by atoms with van der Waals surface area (Å²) in [4.78, 5) is 17.4. The van der Waals surface area contributed by atoms with Gasteiger partial charge in [-0.15, -0.1) is 0 Å². The Morgan fingerprint density at radius 1 is 1.11 bits per heavy atom. The summed E-state index contributed by atoms with van der Waals surface area (Å²) < 4.78 is 10.7. The van der Waals surface area contributed by atoms with Gasteiger partial charge >= 0.3 is 5.97 Å². The van der Waals surface area contributed by atoms with Gasteiger partial charge in [-0.25, -0.2) is 4.79 Å². The van der Waals surface area contributed by atoms with Crippen molar-refractivity contribution in [2.75, 3.05) is 37.7 Å². The molecule has 2 aliphatic rings. The minimum absolute atomic E-state index is 0.0508. The number of piperazine rings is 1. The van der Waals surface area contributed by atoms with Crippen LogP contribution >= 0.6 is 0 Å². The van der Waals surface area contributed by atoms with Crippen LogP contribution in [0.15, 0.2) is 71.3 Å². The van der Waals surface area contributed by atoms with Crippen molar-refractivity contribution in [1.29, 1.82) is 10.5 Å². The molecule has 0 aromatic heterocycles. The summed E-state index contributed by atoms with van der Waals surface area (Å²) in [6.07, 6.45) is 0. The van der Waals surface area contributed by atoms with Crippen molar-refractivity contribution in [3.05, 3.63) is 88.0 Å². The summed E-state index contributed by atoms with van der Waals surface area (Å²) >= 11 is 0. The Morgan fingerprint density at radius 2 is 1.83 bits per heavy atom. The molecule has 2 aromatic rings. The van der Waals surface area contributed by atoms with Gasteiger partial charge in [0.2, 0.25) is 5.88 Å². The number of anilines is 1. The van der Waals surface area contributed by atoms with E-state index < -0.39 is 11.9 Å². The average Bonchev–Trinajstić information content (AvgIpc) is 2.89. The molecule has 0 bridgehead atoms. The number of hydrogen-bond donors (Lipinski definition) is 1. The fraction of sp³-hybridized carbons (Fsp3) is 0.321. The molecular formula is C28H29N5O3. The zero-order chi connectivity index (χ0) is 25.7. The molecule has 8 nitrogen and oxygen atoms in total. The van der Waals surface area contributed by atoms with E-state index in [2.05, 4.69) is 46.2 Å². The van der Waals surface area contributed by atoms with E-state index in [0.717, 1.165) is 38.4 Å². The van der Waals surface area contributed by atoms with Crippen LogP contribution < -0.4 is 10.6 Å². The predicted octanol–water partition coefficient (Wildman–Crippen LogP) is 3.53. The Hall–Kier alpha value is -4.27. The summed E-state index contributed by atoms with van der Waals surface area (Å²) in [5.41, 5.74) is 9.55. The molecule has 0 radical (unpaired) electrons. The number of allylic oxidation sites excluding steroid dienone is 2. The predicted molar refractivity (Wildman–Crippen MR) is 135 cm³/mol. The van der Waals surface area contributed by atoms with Crippen LogP contribution in [0.3, 0.4) is 0 Å². The van der Waals surface area contributed by atoms with E-state index in [0.29, 0.717) is 11.1 Å². The van der Waals surface area contributed by atoms with Crippen LogP contribution in [0, 0.1) is 22.7 Å². The molecule has 1 fully saturated rings. The Bertz CT molecular complexity index is 1280. The third kappa shape index (κ3) is 5.05. The monoisotopic (exact) mass is 483 g/mol. The number of benzene rings is 2. The molecule has 0 spiro atoms. The average molecular weight is 484 g/mol. The molecule has 8 heteroatoms. The van der Waals surface area contributed by atoms with Crippen LogP contribution in [0.4, 0.5) is 5.69 Å². The van der Waals surface area contributed by atoms with Crippen LogP contribution in [0.1, 0.15) is 36.5 Å². The second-order valence-corrected chi connectivity index (χ2v) is 8.75. The Balaban J connectivity index is 1.59. The van der Waals surface area contributed by atoms with Crippen LogP contribution in [-0.2, 0) is 20.8 Å². The molecule has 1 unspecified atom stereocenters. The second kappa shape index (κ2) is 11.0. The van der Waals surface area contributed by atoms with Gasteiger partial charge in [-0.2, -0.15) is 10.5 Å². The Morgan fingerprint density at radius 3 is 2.47 bits per heavy atom. The van der Waals surface area contributed by atoms with E-state index >= 15 is 0 Å². The van der Waals surface area contributed by atoms with E-state index in [-0.39, 0.29) is 29.4 Å². The minimum Gasteiger partial charge on any atom is -0.463 e. The lowest BCUT2D eigenvalue weighted by atomic mass is 9.82. The van der Waals surface area contributed by atoms with Gasteiger partial charge in [0, 0.05) is 32.7 Å². The lowest BCUT2D eigenvalue weighted by molar-refractivity contribution is -0.139. The van der Waals surface area contributed by atoms with Crippen molar-refractivity contribution in [3.8, 4) is 12.1 Å². The Kier molecular flexibility index (Phi) is 7.58. The molecule has 0 saturated carbocycles. The smallest absolute Gasteiger partial charge is 0.338 e. The van der Waals surface area contributed by atoms with Crippen LogP contribution in [-0.4, -0.2) is 43.7 Å². The number of hydrogen-bond acceptors (Lipinski definition) is 8. The molecular weight excluding hydrogens is 454 g/mol. The number of esters is 1. The maximum Gasteiger partial charge on any atom is 0.338 e. The lowest BCUT2D eigenvalue weighted by Crippen LogP contribution is -2.46. The SMILES string of the molecule is CCOC(=O)C1=C(C)OC(N)=C(C#N)C1c1ccc(N2CCN(Cc3ccccc3)CC2)c(C#N)c1. The number of rotatable bonds is 6. The van der Waals surface area contributed by atoms with Gasteiger partial charge in [0.05, 0.1) is 29.3 Å². The van der Waals surface area contributed by atoms with Crippen LogP contribution in [0.25, 0.3) is 0 Å². The molecule has 0 aliphatic carbocycles. The molecule has 2 aromatic carbocycles. The first-order valence-electron chi connectivity index (χ1n) is 12.0. The van der Waals surface area contributed by atoms with Gasteiger partial charge < -0.3 is 20.1 Å². The normalized spacial score (nSPS) is 18.3. The Labute approximate surface area is 211 Å². The fourth-order valence-electron chi connectivity index (χ4n) is 4.78. The highest BCUT2D eigenvalue weighted by Crippen LogP contribution is 2.40. The summed E-state index contributed by atoms with van der Waals surface area (Å²) in [5.74, 6) is -1.11. The van der Waals surface area contributed by atoms with E-state index in [9.17, 15) is 15.3 Å². The topological polar surface area (TPSA) is 116 Å². The quantitative estimate of drug-likeness (QED) is 0.621. The molecule has 4 rings (SSSR count). The first kappa shape index (κ1) is 24.8. The molecule has 0 amide bonds. The summed E-state index contributed by atoms with van der Waals surface area (Å²) in [5, 5.41) is 19.8. The number of nitriles is 2. The van der Waals surface area contributed by atoms with Gasteiger partial charge in [0.25, 0.3) is 0 Å². The third-order valence-electron chi connectivity index (χ3n) is 6.54. The van der Waals surface area contributed by atoms with Crippen LogP contribution in [0.5, 0.6) is 0 Å². The van der Waals surface area contributed by atoms with E-state index in [1.54, 1.807) is 19.9 Å². The third-order valence-corrected chi connectivity index (χ3v) is 6.54. The van der Waals surface area contributed by atoms with Gasteiger partial charge in [-0.1, -0.05) is 36.4 Å². The second-order valence-electron chi connectivity index (χ2n) is 8.75. The molecule has 2 N–H and O–H groups in total. The maximum absolute atomic E-state index is 12.8. The van der Waals surface area contributed by atoms with Gasteiger partial charge in [0.1, 0.15) is 23.5 Å². The number of nitrogens with two attached hydrogens (primary N) is 1. The van der Waals surface area contributed by atoms with E-state index in [1.165, 1.54) is 5.56 Å². The highest BCUT2D eigenvalue weighted by molar-refractivity contribution is 5.92. The lowest BCUT2D eigenvalue weighted by Gasteiger charge is -2.36. The number of ether oxygens (including phenoxy) is 2. The standard InChI is InChI=1S/C28H29N5O3/c1-3-35-28(34)25-19(2)36-27(31)23(17-30)26(25)21-9-10-24(22(15-21)16-29)33-13-11-32(12-14-33)18-20-7-5-4-6-8-20/h4-10,15,26H,3,11-14,18,31H2,1-2H3. The summed E-state index contributed by atoms with van der Waals surface area (Å²) in [6.45, 7) is 7.77. The molecule has 1 saturated heterocycles. The largest absolute Gasteiger partial charge is 0.463 e. The van der Waals surface area contributed by atoms with Gasteiger partial charge in [0.15, 0.2) is 0 Å². The fourth-order valence-corrected chi connectivity index (χ4v) is 4.78. The van der Waals surface area contributed by atoms with Crippen molar-refractivity contribution in [3.63, 3.8) is 0 Å². The molecule has 1 atom stereocenters. The molecule has 2 heterocycles. The molecule has 2 aliphatic heterocycles. The molecule has 184 valence electrons. The maximum atomic E-state index is 12.8. The van der Waals surface area contributed by atoms with Crippen molar-refractivity contribution < 1.29 is 14.3 Å². The summed E-state index contributed by atoms with van der Waals surface area (Å²) in [6, 6.07) is 20.2. The first-order chi connectivity index (χ1) is 17.5.